The molecule has 0 saturated carbocycles. The van der Waals surface area contributed by atoms with E-state index in [1.807, 2.05) is 58.2 Å². The number of aromatic nitrogens is 1. The van der Waals surface area contributed by atoms with Crippen molar-refractivity contribution in [1.82, 2.24) is 14.4 Å². The summed E-state index contributed by atoms with van der Waals surface area (Å²) in [7, 11) is 0. The lowest BCUT2D eigenvalue weighted by atomic mass is 9.98. The molecule has 1 aromatic heterocycles. The van der Waals surface area contributed by atoms with Gasteiger partial charge in [-0.3, -0.25) is 9.59 Å². The molecule has 1 aliphatic heterocycles. The van der Waals surface area contributed by atoms with E-state index in [0.29, 0.717) is 24.2 Å². The summed E-state index contributed by atoms with van der Waals surface area (Å²) < 4.78 is 16.9. The van der Waals surface area contributed by atoms with Crippen molar-refractivity contribution in [3.05, 3.63) is 95.1 Å². The van der Waals surface area contributed by atoms with Gasteiger partial charge in [0.15, 0.2) is 0 Å². The molecule has 1 atom stereocenters. The lowest BCUT2D eigenvalue weighted by molar-refractivity contribution is -0.135. The largest absolute Gasteiger partial charge is 0.348 e. The van der Waals surface area contributed by atoms with Crippen LogP contribution in [0.2, 0.25) is 0 Å². The van der Waals surface area contributed by atoms with Crippen molar-refractivity contribution >= 4 is 11.8 Å². The fourth-order valence-electron chi connectivity index (χ4n) is 4.37. The molecule has 0 saturated heterocycles. The van der Waals surface area contributed by atoms with Crippen molar-refractivity contribution in [2.45, 2.75) is 45.8 Å². The van der Waals surface area contributed by atoms with Gasteiger partial charge >= 0.3 is 0 Å². The number of aryl methyl sites for hydroxylation is 1. The van der Waals surface area contributed by atoms with Crippen LogP contribution >= 0.6 is 0 Å². The van der Waals surface area contributed by atoms with E-state index < -0.39 is 11.6 Å². The second-order valence-corrected chi connectivity index (χ2v) is 9.57. The van der Waals surface area contributed by atoms with Gasteiger partial charge in [0.05, 0.1) is 0 Å². The van der Waals surface area contributed by atoms with Crippen LogP contribution in [0.1, 0.15) is 54.0 Å². The number of nitrogens with zero attached hydrogens (tertiary/aromatic N) is 3. The molecule has 3 aromatic rings. The van der Waals surface area contributed by atoms with Crippen molar-refractivity contribution in [3.8, 4) is 0 Å². The Morgan fingerprint density at radius 3 is 2.36 bits per heavy atom. The first kappa shape index (κ1) is 22.8. The highest BCUT2D eigenvalue weighted by molar-refractivity contribution is 5.97. The van der Waals surface area contributed by atoms with Gasteiger partial charge in [0, 0.05) is 41.6 Å². The highest BCUT2D eigenvalue weighted by Gasteiger charge is 2.37. The van der Waals surface area contributed by atoms with Gasteiger partial charge in [-0.15, -0.1) is 0 Å². The summed E-state index contributed by atoms with van der Waals surface area (Å²) in [6.07, 6.45) is 1.95. The highest BCUT2D eigenvalue weighted by Crippen LogP contribution is 2.34. The number of rotatable bonds is 4. The number of hydrogen-bond donors (Lipinski definition) is 0. The topological polar surface area (TPSA) is 45.6 Å². The molecule has 33 heavy (non-hydrogen) atoms. The molecule has 0 spiro atoms. The monoisotopic (exact) mass is 447 g/mol. The summed E-state index contributed by atoms with van der Waals surface area (Å²) in [6.45, 7) is 8.71. The highest BCUT2D eigenvalue weighted by atomic mass is 19.1. The van der Waals surface area contributed by atoms with Crippen LogP contribution in [0, 0.1) is 12.7 Å². The molecule has 2 amide bonds. The van der Waals surface area contributed by atoms with Gasteiger partial charge in [0.2, 0.25) is 5.91 Å². The first-order chi connectivity index (χ1) is 15.7. The predicted octanol–water partition coefficient (Wildman–Crippen LogP) is 4.81. The normalized spacial score (nSPS) is 15.8. The molecule has 6 heteroatoms. The molecule has 1 aliphatic rings. The Balaban J connectivity index is 1.66. The summed E-state index contributed by atoms with van der Waals surface area (Å²) in [6, 6.07) is 17.2. The lowest BCUT2D eigenvalue weighted by Crippen LogP contribution is -2.53. The summed E-state index contributed by atoms with van der Waals surface area (Å²) in [5.41, 5.74) is 2.36. The molecular weight excluding hydrogens is 417 g/mol. The van der Waals surface area contributed by atoms with Gasteiger partial charge in [-0.2, -0.15) is 0 Å². The molecular formula is C27H30FN3O2. The zero-order valence-electron chi connectivity index (χ0n) is 19.6. The van der Waals surface area contributed by atoms with Crippen LogP contribution in [0.15, 0.2) is 66.9 Å². The van der Waals surface area contributed by atoms with Crippen LogP contribution in [0.25, 0.3) is 0 Å². The standard InChI is InChI=1S/C27H30FN3O2/c1-19-11-13-20(14-12-19)26(33)31(27(2,3)4)18-24(32)30-17-16-29-15-7-10-23(29)25(30)21-8-5-6-9-22(21)28/h5-15,25H,16-18H2,1-4H3. The number of carbonyl (C=O) groups excluding carboxylic acids is 2. The van der Waals surface area contributed by atoms with Gasteiger partial charge < -0.3 is 14.4 Å². The molecule has 0 aliphatic carbocycles. The summed E-state index contributed by atoms with van der Waals surface area (Å²) >= 11 is 0. The average molecular weight is 448 g/mol. The van der Waals surface area contributed by atoms with E-state index in [4.69, 9.17) is 0 Å². The number of benzene rings is 2. The van der Waals surface area contributed by atoms with Gasteiger partial charge in [-0.05, 0) is 58.0 Å². The summed E-state index contributed by atoms with van der Waals surface area (Å²) in [4.78, 5) is 30.4. The van der Waals surface area contributed by atoms with Gasteiger partial charge in [0.1, 0.15) is 18.4 Å². The second-order valence-electron chi connectivity index (χ2n) is 9.57. The summed E-state index contributed by atoms with van der Waals surface area (Å²) in [5.74, 6) is -0.747. The molecule has 2 heterocycles. The number of hydrogen-bond acceptors (Lipinski definition) is 2. The minimum absolute atomic E-state index is 0.0815. The average Bonchev–Trinajstić information content (AvgIpc) is 3.25. The lowest BCUT2D eigenvalue weighted by Gasteiger charge is -2.41. The van der Waals surface area contributed by atoms with Crippen molar-refractivity contribution in [3.63, 3.8) is 0 Å². The van der Waals surface area contributed by atoms with E-state index in [2.05, 4.69) is 4.57 Å². The number of halogens is 1. The fourth-order valence-corrected chi connectivity index (χ4v) is 4.37. The minimum Gasteiger partial charge on any atom is -0.348 e. The third-order valence-corrected chi connectivity index (χ3v) is 6.21. The van der Waals surface area contributed by atoms with E-state index in [9.17, 15) is 14.0 Å². The Labute approximate surface area is 194 Å². The Morgan fingerprint density at radius 1 is 1.00 bits per heavy atom. The van der Waals surface area contributed by atoms with Gasteiger partial charge in [-0.25, -0.2) is 4.39 Å². The van der Waals surface area contributed by atoms with E-state index >= 15 is 0 Å². The Bertz CT molecular complexity index is 1160. The van der Waals surface area contributed by atoms with Gasteiger partial charge in [0.25, 0.3) is 5.91 Å². The van der Waals surface area contributed by atoms with Crippen LogP contribution in [-0.4, -0.2) is 44.8 Å². The zero-order valence-corrected chi connectivity index (χ0v) is 19.6. The minimum atomic E-state index is -0.568. The Kier molecular flexibility index (Phi) is 6.11. The first-order valence-corrected chi connectivity index (χ1v) is 11.2. The van der Waals surface area contributed by atoms with Crippen LogP contribution < -0.4 is 0 Å². The van der Waals surface area contributed by atoms with Gasteiger partial charge in [-0.1, -0.05) is 35.9 Å². The van der Waals surface area contributed by atoms with E-state index in [0.717, 1.165) is 11.3 Å². The molecule has 1 unspecified atom stereocenters. The fraction of sp³-hybridized carbons (Fsp3) is 0.333. The Hall–Kier alpha value is -3.41. The molecule has 0 radical (unpaired) electrons. The quantitative estimate of drug-likeness (QED) is 0.576. The predicted molar refractivity (Wildman–Crippen MR) is 126 cm³/mol. The number of fused-ring (bicyclic) bond motifs is 1. The maximum atomic E-state index is 14.8. The third kappa shape index (κ3) is 4.56. The van der Waals surface area contributed by atoms with Crippen molar-refractivity contribution in [2.24, 2.45) is 0 Å². The molecule has 4 rings (SSSR count). The van der Waals surface area contributed by atoms with Crippen molar-refractivity contribution < 1.29 is 14.0 Å². The molecule has 0 fully saturated rings. The van der Waals surface area contributed by atoms with Crippen LogP contribution in [0.3, 0.4) is 0 Å². The molecule has 172 valence electrons. The first-order valence-electron chi connectivity index (χ1n) is 11.2. The Morgan fingerprint density at radius 2 is 1.70 bits per heavy atom. The van der Waals surface area contributed by atoms with E-state index in [1.165, 1.54) is 6.07 Å². The maximum Gasteiger partial charge on any atom is 0.254 e. The molecule has 2 aromatic carbocycles. The second kappa shape index (κ2) is 8.85. The van der Waals surface area contributed by atoms with E-state index in [1.54, 1.807) is 40.1 Å². The number of amides is 2. The summed E-state index contributed by atoms with van der Waals surface area (Å²) in [5, 5.41) is 0. The molecule has 0 bridgehead atoms. The SMILES string of the molecule is Cc1ccc(C(=O)N(CC(=O)N2CCn3cccc3C2c2ccccc2F)C(C)(C)C)cc1. The zero-order chi connectivity index (χ0) is 23.8. The van der Waals surface area contributed by atoms with Crippen molar-refractivity contribution in [2.75, 3.05) is 13.1 Å². The third-order valence-electron chi connectivity index (χ3n) is 6.21. The molecule has 5 nitrogen and oxygen atoms in total. The van der Waals surface area contributed by atoms with E-state index in [-0.39, 0.29) is 24.2 Å². The van der Waals surface area contributed by atoms with Crippen LogP contribution in [-0.2, 0) is 11.3 Å². The maximum absolute atomic E-state index is 14.8. The molecule has 0 N–H and O–H groups in total. The smallest absolute Gasteiger partial charge is 0.254 e. The van der Waals surface area contributed by atoms with Crippen LogP contribution in [0.5, 0.6) is 0 Å². The van der Waals surface area contributed by atoms with Crippen molar-refractivity contribution in [1.29, 1.82) is 0 Å². The van der Waals surface area contributed by atoms with Crippen LogP contribution in [0.4, 0.5) is 4.39 Å². The number of carbonyl (C=O) groups is 2.